The molecule has 2 rings (SSSR count). The SMILES string of the molecule is O=C(Nc1ccc(F)c([N+](=O)[O-])c1)c1cc[nH]c(=O)c1. The minimum absolute atomic E-state index is 0.0587. The van der Waals surface area contributed by atoms with Crippen LogP contribution in [-0.2, 0) is 0 Å². The molecule has 0 radical (unpaired) electrons. The normalized spacial score (nSPS) is 10.1. The number of hydrogen-bond donors (Lipinski definition) is 2. The summed E-state index contributed by atoms with van der Waals surface area (Å²) in [5.41, 5.74) is -1.06. The number of carbonyl (C=O) groups is 1. The number of aromatic amines is 1. The quantitative estimate of drug-likeness (QED) is 0.657. The number of benzene rings is 1. The minimum Gasteiger partial charge on any atom is -0.329 e. The Kier molecular flexibility index (Phi) is 3.56. The Morgan fingerprint density at radius 3 is 2.70 bits per heavy atom. The Hall–Kier alpha value is -3.03. The van der Waals surface area contributed by atoms with E-state index < -0.39 is 27.9 Å². The third-order valence-electron chi connectivity index (χ3n) is 2.44. The molecule has 0 saturated carbocycles. The molecule has 102 valence electrons. The molecule has 0 unspecified atom stereocenters. The van der Waals surface area contributed by atoms with Crippen molar-refractivity contribution in [1.82, 2.24) is 4.98 Å². The molecule has 0 atom stereocenters. The Labute approximate surface area is 111 Å². The van der Waals surface area contributed by atoms with Crippen molar-refractivity contribution in [2.45, 2.75) is 0 Å². The topological polar surface area (TPSA) is 105 Å². The number of halogens is 1. The van der Waals surface area contributed by atoms with E-state index in [1.807, 2.05) is 0 Å². The molecule has 1 aromatic heterocycles. The number of aromatic nitrogens is 1. The maximum atomic E-state index is 13.1. The molecular weight excluding hydrogens is 269 g/mol. The van der Waals surface area contributed by atoms with Crippen LogP contribution in [0.2, 0.25) is 0 Å². The van der Waals surface area contributed by atoms with E-state index in [4.69, 9.17) is 0 Å². The van der Waals surface area contributed by atoms with Gasteiger partial charge in [-0.2, -0.15) is 4.39 Å². The van der Waals surface area contributed by atoms with E-state index >= 15 is 0 Å². The van der Waals surface area contributed by atoms with Gasteiger partial charge in [0.15, 0.2) is 0 Å². The summed E-state index contributed by atoms with van der Waals surface area (Å²) in [5, 5.41) is 12.9. The zero-order valence-corrected chi connectivity index (χ0v) is 9.92. The monoisotopic (exact) mass is 277 g/mol. The predicted octanol–water partition coefficient (Wildman–Crippen LogP) is 1.67. The molecule has 0 bridgehead atoms. The van der Waals surface area contributed by atoms with Crippen LogP contribution in [0.4, 0.5) is 15.8 Å². The number of nitro groups is 1. The molecule has 2 aromatic rings. The van der Waals surface area contributed by atoms with Gasteiger partial charge in [0.25, 0.3) is 5.91 Å². The number of nitrogens with zero attached hydrogens (tertiary/aromatic N) is 1. The number of hydrogen-bond acceptors (Lipinski definition) is 4. The summed E-state index contributed by atoms with van der Waals surface area (Å²) >= 11 is 0. The average molecular weight is 277 g/mol. The van der Waals surface area contributed by atoms with Crippen LogP contribution in [0.5, 0.6) is 0 Å². The maximum Gasteiger partial charge on any atom is 0.306 e. The van der Waals surface area contributed by atoms with Gasteiger partial charge in [-0.1, -0.05) is 0 Å². The summed E-state index contributed by atoms with van der Waals surface area (Å²) < 4.78 is 13.1. The number of carbonyl (C=O) groups excluding carboxylic acids is 1. The van der Waals surface area contributed by atoms with Crippen LogP contribution in [0.15, 0.2) is 41.3 Å². The zero-order valence-electron chi connectivity index (χ0n) is 9.92. The van der Waals surface area contributed by atoms with Crippen molar-refractivity contribution in [1.29, 1.82) is 0 Å². The van der Waals surface area contributed by atoms with Gasteiger partial charge in [-0.05, 0) is 18.2 Å². The molecule has 0 saturated heterocycles. The van der Waals surface area contributed by atoms with Crippen molar-refractivity contribution in [2.24, 2.45) is 0 Å². The fourth-order valence-electron chi connectivity index (χ4n) is 1.52. The van der Waals surface area contributed by atoms with Crippen molar-refractivity contribution in [3.63, 3.8) is 0 Å². The Morgan fingerprint density at radius 1 is 1.30 bits per heavy atom. The average Bonchev–Trinajstić information content (AvgIpc) is 2.40. The molecule has 0 aliphatic carbocycles. The van der Waals surface area contributed by atoms with Gasteiger partial charge in [0, 0.05) is 29.6 Å². The van der Waals surface area contributed by atoms with Crippen molar-refractivity contribution in [3.8, 4) is 0 Å². The molecule has 0 aliphatic heterocycles. The van der Waals surface area contributed by atoms with E-state index in [9.17, 15) is 24.1 Å². The molecule has 0 fully saturated rings. The van der Waals surface area contributed by atoms with Crippen LogP contribution < -0.4 is 10.9 Å². The zero-order chi connectivity index (χ0) is 14.7. The molecule has 8 heteroatoms. The van der Waals surface area contributed by atoms with Gasteiger partial charge < -0.3 is 10.3 Å². The van der Waals surface area contributed by atoms with Crippen LogP contribution in [0.1, 0.15) is 10.4 Å². The van der Waals surface area contributed by atoms with E-state index in [1.165, 1.54) is 18.3 Å². The van der Waals surface area contributed by atoms with Gasteiger partial charge in [0.2, 0.25) is 11.4 Å². The maximum absolute atomic E-state index is 13.1. The first-order valence-electron chi connectivity index (χ1n) is 5.41. The van der Waals surface area contributed by atoms with E-state index in [0.717, 1.165) is 18.2 Å². The van der Waals surface area contributed by atoms with Crippen LogP contribution >= 0.6 is 0 Å². The van der Waals surface area contributed by atoms with Crippen molar-refractivity contribution < 1.29 is 14.1 Å². The number of rotatable bonds is 3. The summed E-state index contributed by atoms with van der Waals surface area (Å²) in [6.07, 6.45) is 1.30. The van der Waals surface area contributed by atoms with Gasteiger partial charge in [0.1, 0.15) is 0 Å². The van der Waals surface area contributed by atoms with Gasteiger partial charge >= 0.3 is 5.69 Å². The molecule has 0 aliphatic rings. The highest BCUT2D eigenvalue weighted by molar-refractivity contribution is 6.04. The fourth-order valence-corrected chi connectivity index (χ4v) is 1.52. The number of pyridine rings is 1. The van der Waals surface area contributed by atoms with Crippen molar-refractivity contribution >= 4 is 17.3 Å². The minimum atomic E-state index is -0.996. The van der Waals surface area contributed by atoms with Crippen LogP contribution in [0, 0.1) is 15.9 Å². The number of H-pyrrole nitrogens is 1. The Bertz CT molecular complexity index is 741. The standard InChI is InChI=1S/C12H8FN3O4/c13-9-2-1-8(6-10(9)16(19)20)15-12(18)7-3-4-14-11(17)5-7/h1-6H,(H,14,17)(H,15,18). The summed E-state index contributed by atoms with van der Waals surface area (Å²) in [4.78, 5) is 34.9. The van der Waals surface area contributed by atoms with Crippen LogP contribution in [-0.4, -0.2) is 15.8 Å². The molecule has 7 nitrogen and oxygen atoms in total. The Morgan fingerprint density at radius 2 is 2.05 bits per heavy atom. The van der Waals surface area contributed by atoms with Crippen LogP contribution in [0.25, 0.3) is 0 Å². The second-order valence-corrected chi connectivity index (χ2v) is 3.82. The Balaban J connectivity index is 2.26. The summed E-state index contributed by atoms with van der Waals surface area (Å²) in [7, 11) is 0. The predicted molar refractivity (Wildman–Crippen MR) is 68.1 cm³/mol. The number of anilines is 1. The van der Waals surface area contributed by atoms with E-state index in [-0.39, 0.29) is 11.3 Å². The third-order valence-corrected chi connectivity index (χ3v) is 2.44. The number of nitro benzene ring substituents is 1. The van der Waals surface area contributed by atoms with Gasteiger partial charge in [-0.3, -0.25) is 19.7 Å². The van der Waals surface area contributed by atoms with Gasteiger partial charge in [-0.15, -0.1) is 0 Å². The molecule has 20 heavy (non-hydrogen) atoms. The summed E-state index contributed by atoms with van der Waals surface area (Å²) in [6.45, 7) is 0. The van der Waals surface area contributed by atoms with E-state index in [1.54, 1.807) is 0 Å². The second kappa shape index (κ2) is 5.31. The first-order chi connectivity index (χ1) is 9.47. The van der Waals surface area contributed by atoms with Crippen molar-refractivity contribution in [3.05, 3.63) is 68.4 Å². The molecule has 1 amide bonds. The highest BCUT2D eigenvalue weighted by Crippen LogP contribution is 2.21. The van der Waals surface area contributed by atoms with Crippen LogP contribution in [0.3, 0.4) is 0 Å². The number of nitrogens with one attached hydrogen (secondary N) is 2. The largest absolute Gasteiger partial charge is 0.329 e. The highest BCUT2D eigenvalue weighted by Gasteiger charge is 2.15. The lowest BCUT2D eigenvalue weighted by Crippen LogP contribution is -2.15. The van der Waals surface area contributed by atoms with E-state index in [2.05, 4.69) is 10.3 Å². The molecular formula is C12H8FN3O4. The molecule has 0 spiro atoms. The lowest BCUT2D eigenvalue weighted by atomic mass is 10.2. The molecule has 2 N–H and O–H groups in total. The molecule has 1 aromatic carbocycles. The highest BCUT2D eigenvalue weighted by atomic mass is 19.1. The molecule has 1 heterocycles. The van der Waals surface area contributed by atoms with Crippen molar-refractivity contribution in [2.75, 3.05) is 5.32 Å². The first kappa shape index (κ1) is 13.4. The van der Waals surface area contributed by atoms with E-state index in [0.29, 0.717) is 0 Å². The van der Waals surface area contributed by atoms with Gasteiger partial charge in [0.05, 0.1) is 4.92 Å². The third kappa shape index (κ3) is 2.86. The summed E-state index contributed by atoms with van der Waals surface area (Å²) in [5.74, 6) is -1.62. The lowest BCUT2D eigenvalue weighted by Gasteiger charge is -2.05. The first-order valence-corrected chi connectivity index (χ1v) is 5.41. The number of amides is 1. The van der Waals surface area contributed by atoms with Gasteiger partial charge in [-0.25, -0.2) is 0 Å². The summed E-state index contributed by atoms with van der Waals surface area (Å²) in [6, 6.07) is 5.42. The fraction of sp³-hybridized carbons (Fsp3) is 0. The smallest absolute Gasteiger partial charge is 0.306 e. The lowest BCUT2D eigenvalue weighted by molar-refractivity contribution is -0.387. The second-order valence-electron chi connectivity index (χ2n) is 3.82.